The van der Waals surface area contributed by atoms with Crippen LogP contribution in [0.15, 0.2) is 76.3 Å². The van der Waals surface area contributed by atoms with E-state index in [0.717, 1.165) is 17.0 Å². The first-order chi connectivity index (χ1) is 12.8. The molecule has 0 atom stereocenters. The van der Waals surface area contributed by atoms with E-state index in [1.807, 2.05) is 60.7 Å². The van der Waals surface area contributed by atoms with E-state index in [1.165, 1.54) is 0 Å². The van der Waals surface area contributed by atoms with Crippen molar-refractivity contribution in [3.8, 4) is 17.2 Å². The SMILES string of the molecule is CN=C(NCCOc1ccccc1)NCc1coc(-c2ccccc2)n1. The summed E-state index contributed by atoms with van der Waals surface area (Å²) in [6.45, 7) is 1.71. The highest BCUT2D eigenvalue weighted by molar-refractivity contribution is 5.79. The molecule has 0 aliphatic heterocycles. The van der Waals surface area contributed by atoms with Crippen LogP contribution in [0.2, 0.25) is 0 Å². The molecule has 0 aliphatic rings. The molecule has 0 bridgehead atoms. The highest BCUT2D eigenvalue weighted by atomic mass is 16.5. The van der Waals surface area contributed by atoms with Crippen LogP contribution in [0.5, 0.6) is 5.75 Å². The van der Waals surface area contributed by atoms with Crippen LogP contribution < -0.4 is 15.4 Å². The van der Waals surface area contributed by atoms with Gasteiger partial charge in [0.2, 0.25) is 5.89 Å². The van der Waals surface area contributed by atoms with Crippen LogP contribution in [0.3, 0.4) is 0 Å². The quantitative estimate of drug-likeness (QED) is 0.389. The van der Waals surface area contributed by atoms with Crippen LogP contribution >= 0.6 is 0 Å². The van der Waals surface area contributed by atoms with Crippen molar-refractivity contribution in [3.05, 3.63) is 72.6 Å². The van der Waals surface area contributed by atoms with Crippen LogP contribution in [0.1, 0.15) is 5.69 Å². The number of aliphatic imine (C=N–C) groups is 1. The lowest BCUT2D eigenvalue weighted by Crippen LogP contribution is -2.38. The minimum atomic E-state index is 0.523. The molecule has 0 spiro atoms. The summed E-state index contributed by atoms with van der Waals surface area (Å²) in [6, 6.07) is 19.5. The van der Waals surface area contributed by atoms with E-state index in [-0.39, 0.29) is 0 Å². The second-order valence-electron chi connectivity index (χ2n) is 5.52. The Kier molecular flexibility index (Phi) is 6.25. The maximum atomic E-state index is 5.64. The lowest BCUT2D eigenvalue weighted by Gasteiger charge is -2.11. The van der Waals surface area contributed by atoms with E-state index in [2.05, 4.69) is 20.6 Å². The number of nitrogens with one attached hydrogen (secondary N) is 2. The molecule has 0 radical (unpaired) electrons. The van der Waals surface area contributed by atoms with Gasteiger partial charge in [-0.1, -0.05) is 36.4 Å². The number of hydrogen-bond donors (Lipinski definition) is 2. The minimum absolute atomic E-state index is 0.523. The Morgan fingerprint density at radius 1 is 1.04 bits per heavy atom. The van der Waals surface area contributed by atoms with E-state index in [9.17, 15) is 0 Å². The second kappa shape index (κ2) is 9.27. The van der Waals surface area contributed by atoms with Crippen LogP contribution in [0.4, 0.5) is 0 Å². The Morgan fingerprint density at radius 3 is 2.50 bits per heavy atom. The molecule has 2 N–H and O–H groups in total. The summed E-state index contributed by atoms with van der Waals surface area (Å²) in [6.07, 6.45) is 1.65. The summed E-state index contributed by atoms with van der Waals surface area (Å²) in [5, 5.41) is 6.41. The zero-order valence-electron chi connectivity index (χ0n) is 14.7. The Balaban J connectivity index is 1.42. The molecule has 134 valence electrons. The Hall–Kier alpha value is -3.28. The fourth-order valence-corrected chi connectivity index (χ4v) is 2.35. The molecular weight excluding hydrogens is 328 g/mol. The Morgan fingerprint density at radius 2 is 1.77 bits per heavy atom. The van der Waals surface area contributed by atoms with E-state index < -0.39 is 0 Å². The molecule has 6 nitrogen and oxygen atoms in total. The van der Waals surface area contributed by atoms with Crippen molar-refractivity contribution in [3.63, 3.8) is 0 Å². The number of nitrogens with zero attached hydrogens (tertiary/aromatic N) is 2. The second-order valence-corrected chi connectivity index (χ2v) is 5.52. The van der Waals surface area contributed by atoms with Crippen molar-refractivity contribution >= 4 is 5.96 Å². The normalized spacial score (nSPS) is 11.2. The average Bonchev–Trinajstić information content (AvgIpc) is 3.18. The van der Waals surface area contributed by atoms with Gasteiger partial charge >= 0.3 is 0 Å². The summed E-state index contributed by atoms with van der Waals surface area (Å²) < 4.78 is 11.2. The van der Waals surface area contributed by atoms with E-state index in [4.69, 9.17) is 9.15 Å². The fourth-order valence-electron chi connectivity index (χ4n) is 2.35. The Bertz CT molecular complexity index is 816. The molecule has 0 fully saturated rings. The molecule has 0 saturated carbocycles. The van der Waals surface area contributed by atoms with Gasteiger partial charge in [-0.3, -0.25) is 4.99 Å². The summed E-state index contributed by atoms with van der Waals surface area (Å²) in [4.78, 5) is 8.68. The number of para-hydroxylation sites is 1. The van der Waals surface area contributed by atoms with Gasteiger partial charge in [0.05, 0.1) is 18.8 Å². The molecule has 3 aromatic rings. The molecule has 1 heterocycles. The molecular formula is C20H22N4O2. The number of benzene rings is 2. The highest BCUT2D eigenvalue weighted by Gasteiger charge is 2.06. The maximum absolute atomic E-state index is 5.64. The first-order valence-electron chi connectivity index (χ1n) is 8.47. The van der Waals surface area contributed by atoms with Crippen molar-refractivity contribution < 1.29 is 9.15 Å². The van der Waals surface area contributed by atoms with E-state index in [0.29, 0.717) is 31.5 Å². The summed E-state index contributed by atoms with van der Waals surface area (Å²) in [5.74, 6) is 2.15. The van der Waals surface area contributed by atoms with Crippen LogP contribution in [0, 0.1) is 0 Å². The van der Waals surface area contributed by atoms with Crippen molar-refractivity contribution in [2.24, 2.45) is 4.99 Å². The fraction of sp³-hybridized carbons (Fsp3) is 0.200. The Labute approximate surface area is 152 Å². The van der Waals surface area contributed by atoms with Gasteiger partial charge in [0.15, 0.2) is 5.96 Å². The number of oxazole rings is 1. The average molecular weight is 350 g/mol. The monoisotopic (exact) mass is 350 g/mol. The molecule has 0 unspecified atom stereocenters. The predicted molar refractivity (Wildman–Crippen MR) is 102 cm³/mol. The first kappa shape index (κ1) is 17.5. The summed E-state index contributed by atoms with van der Waals surface area (Å²) in [7, 11) is 1.73. The van der Waals surface area contributed by atoms with E-state index >= 15 is 0 Å². The predicted octanol–water partition coefficient (Wildman–Crippen LogP) is 3.09. The highest BCUT2D eigenvalue weighted by Crippen LogP contribution is 2.17. The molecule has 26 heavy (non-hydrogen) atoms. The van der Waals surface area contributed by atoms with Gasteiger partial charge in [0.1, 0.15) is 18.6 Å². The van der Waals surface area contributed by atoms with Gasteiger partial charge in [0, 0.05) is 12.6 Å². The van der Waals surface area contributed by atoms with Crippen LogP contribution in [-0.4, -0.2) is 31.1 Å². The zero-order chi connectivity index (χ0) is 18.0. The van der Waals surface area contributed by atoms with Crippen LogP contribution in [0.25, 0.3) is 11.5 Å². The largest absolute Gasteiger partial charge is 0.492 e. The lowest BCUT2D eigenvalue weighted by molar-refractivity contribution is 0.322. The molecule has 3 rings (SSSR count). The first-order valence-corrected chi connectivity index (χ1v) is 8.47. The number of aromatic nitrogens is 1. The third-order valence-corrected chi connectivity index (χ3v) is 3.64. The van der Waals surface area contributed by atoms with Gasteiger partial charge in [-0.15, -0.1) is 0 Å². The number of ether oxygens (including phenoxy) is 1. The zero-order valence-corrected chi connectivity index (χ0v) is 14.7. The molecule has 2 aromatic carbocycles. The third kappa shape index (κ3) is 5.11. The van der Waals surface area contributed by atoms with Gasteiger partial charge < -0.3 is 19.8 Å². The number of rotatable bonds is 7. The molecule has 1 aromatic heterocycles. The van der Waals surface area contributed by atoms with Gasteiger partial charge in [-0.2, -0.15) is 0 Å². The lowest BCUT2D eigenvalue weighted by atomic mass is 10.2. The molecule has 0 saturated heterocycles. The smallest absolute Gasteiger partial charge is 0.226 e. The third-order valence-electron chi connectivity index (χ3n) is 3.64. The van der Waals surface area contributed by atoms with Crippen molar-refractivity contribution in [2.75, 3.05) is 20.2 Å². The van der Waals surface area contributed by atoms with Gasteiger partial charge in [0.25, 0.3) is 0 Å². The molecule has 0 aliphatic carbocycles. The van der Waals surface area contributed by atoms with Crippen molar-refractivity contribution in [1.29, 1.82) is 0 Å². The molecule has 0 amide bonds. The van der Waals surface area contributed by atoms with E-state index in [1.54, 1.807) is 13.3 Å². The summed E-state index contributed by atoms with van der Waals surface area (Å²) >= 11 is 0. The van der Waals surface area contributed by atoms with Gasteiger partial charge in [-0.25, -0.2) is 4.98 Å². The standard InChI is InChI=1S/C20H22N4O2/c1-21-20(22-12-13-25-18-10-6-3-7-11-18)23-14-17-15-26-19(24-17)16-8-4-2-5-9-16/h2-11,15H,12-14H2,1H3,(H2,21,22,23). The van der Waals surface area contributed by atoms with Crippen molar-refractivity contribution in [1.82, 2.24) is 15.6 Å². The minimum Gasteiger partial charge on any atom is -0.492 e. The van der Waals surface area contributed by atoms with Crippen LogP contribution in [-0.2, 0) is 6.54 Å². The number of hydrogen-bond acceptors (Lipinski definition) is 4. The maximum Gasteiger partial charge on any atom is 0.226 e. The van der Waals surface area contributed by atoms with Gasteiger partial charge in [-0.05, 0) is 24.3 Å². The van der Waals surface area contributed by atoms with Crippen molar-refractivity contribution in [2.45, 2.75) is 6.54 Å². The number of guanidine groups is 1. The topological polar surface area (TPSA) is 71.7 Å². The summed E-state index contributed by atoms with van der Waals surface area (Å²) in [5.41, 5.74) is 1.77. The molecule has 6 heteroatoms.